The number of nitrogens with one attached hydrogen (secondary N) is 2. The zero-order valence-electron chi connectivity index (χ0n) is 13.3. The van der Waals surface area contributed by atoms with Crippen LogP contribution in [0.5, 0.6) is 0 Å². The standard InChI is InChI=1S/C20H19FN2O/c21-16-7-5-15(6-8-16)20(9-10-20)13-23-19(24)11-14-12-22-18-4-2-1-3-17(14)18/h1-8,12,22H,9-11,13H2,(H,23,24). The second-order valence-corrected chi connectivity index (χ2v) is 6.60. The summed E-state index contributed by atoms with van der Waals surface area (Å²) in [7, 11) is 0. The second kappa shape index (κ2) is 5.78. The lowest BCUT2D eigenvalue weighted by atomic mass is 9.96. The Labute approximate surface area is 139 Å². The predicted octanol–water partition coefficient (Wildman–Crippen LogP) is 3.70. The third kappa shape index (κ3) is 2.80. The minimum atomic E-state index is -0.224. The van der Waals surface area contributed by atoms with Gasteiger partial charge in [-0.05, 0) is 42.2 Å². The highest BCUT2D eigenvalue weighted by Gasteiger charge is 2.44. The van der Waals surface area contributed by atoms with Gasteiger partial charge in [0.2, 0.25) is 5.91 Å². The minimum Gasteiger partial charge on any atom is -0.361 e. The molecule has 4 heteroatoms. The van der Waals surface area contributed by atoms with Gasteiger partial charge in [-0.3, -0.25) is 4.79 Å². The van der Waals surface area contributed by atoms with Crippen LogP contribution in [-0.4, -0.2) is 17.4 Å². The van der Waals surface area contributed by atoms with Gasteiger partial charge in [0, 0.05) is 29.1 Å². The molecule has 4 rings (SSSR count). The first-order valence-electron chi connectivity index (χ1n) is 8.24. The van der Waals surface area contributed by atoms with Crippen molar-refractivity contribution in [3.63, 3.8) is 0 Å². The Kier molecular flexibility index (Phi) is 3.60. The number of amides is 1. The Morgan fingerprint density at radius 3 is 2.62 bits per heavy atom. The molecule has 2 aromatic carbocycles. The van der Waals surface area contributed by atoms with E-state index in [-0.39, 0.29) is 17.1 Å². The number of para-hydroxylation sites is 1. The topological polar surface area (TPSA) is 44.9 Å². The third-order valence-electron chi connectivity index (χ3n) is 4.96. The Morgan fingerprint density at radius 2 is 1.88 bits per heavy atom. The van der Waals surface area contributed by atoms with Gasteiger partial charge in [0.05, 0.1) is 6.42 Å². The molecule has 2 N–H and O–H groups in total. The van der Waals surface area contributed by atoms with Crippen molar-refractivity contribution in [2.75, 3.05) is 6.54 Å². The van der Waals surface area contributed by atoms with E-state index in [4.69, 9.17) is 0 Å². The molecular weight excluding hydrogens is 303 g/mol. The second-order valence-electron chi connectivity index (χ2n) is 6.60. The van der Waals surface area contributed by atoms with Crippen LogP contribution in [-0.2, 0) is 16.6 Å². The molecule has 122 valence electrons. The third-order valence-corrected chi connectivity index (χ3v) is 4.96. The number of H-pyrrole nitrogens is 1. The first-order valence-corrected chi connectivity index (χ1v) is 8.24. The van der Waals surface area contributed by atoms with Crippen molar-refractivity contribution >= 4 is 16.8 Å². The van der Waals surface area contributed by atoms with Crippen molar-refractivity contribution in [2.24, 2.45) is 0 Å². The molecule has 1 aromatic heterocycles. The van der Waals surface area contributed by atoms with Crippen LogP contribution in [0.3, 0.4) is 0 Å². The fraction of sp³-hybridized carbons (Fsp3) is 0.250. The normalized spacial score (nSPS) is 15.4. The monoisotopic (exact) mass is 322 g/mol. The van der Waals surface area contributed by atoms with Gasteiger partial charge in [0.25, 0.3) is 0 Å². The lowest BCUT2D eigenvalue weighted by Gasteiger charge is -2.16. The van der Waals surface area contributed by atoms with Crippen LogP contribution in [0.1, 0.15) is 24.0 Å². The van der Waals surface area contributed by atoms with Crippen LogP contribution < -0.4 is 5.32 Å². The zero-order valence-corrected chi connectivity index (χ0v) is 13.3. The van der Waals surface area contributed by atoms with Crippen LogP contribution in [0.25, 0.3) is 10.9 Å². The molecule has 1 amide bonds. The van der Waals surface area contributed by atoms with Crippen molar-refractivity contribution < 1.29 is 9.18 Å². The quantitative estimate of drug-likeness (QED) is 0.739. The molecule has 0 radical (unpaired) electrons. The fourth-order valence-electron chi connectivity index (χ4n) is 3.30. The van der Waals surface area contributed by atoms with Gasteiger partial charge in [-0.1, -0.05) is 30.3 Å². The van der Waals surface area contributed by atoms with E-state index < -0.39 is 0 Å². The molecule has 3 nitrogen and oxygen atoms in total. The highest BCUT2D eigenvalue weighted by atomic mass is 19.1. The summed E-state index contributed by atoms with van der Waals surface area (Å²) in [5, 5.41) is 4.15. The number of aromatic nitrogens is 1. The maximum absolute atomic E-state index is 13.1. The first kappa shape index (κ1) is 14.9. The summed E-state index contributed by atoms with van der Waals surface area (Å²) in [5.74, 6) is -0.203. The number of fused-ring (bicyclic) bond motifs is 1. The van der Waals surface area contributed by atoms with Gasteiger partial charge in [-0.15, -0.1) is 0 Å². The molecular formula is C20H19FN2O. The molecule has 0 spiro atoms. The number of rotatable bonds is 5. The van der Waals surface area contributed by atoms with E-state index in [1.54, 1.807) is 0 Å². The number of hydrogen-bond acceptors (Lipinski definition) is 1. The van der Waals surface area contributed by atoms with E-state index >= 15 is 0 Å². The van der Waals surface area contributed by atoms with Gasteiger partial charge in [0.1, 0.15) is 5.82 Å². The molecule has 1 aliphatic carbocycles. The Balaban J connectivity index is 1.41. The largest absolute Gasteiger partial charge is 0.361 e. The molecule has 24 heavy (non-hydrogen) atoms. The van der Waals surface area contributed by atoms with E-state index in [9.17, 15) is 9.18 Å². The number of carbonyl (C=O) groups is 1. The zero-order chi connectivity index (χ0) is 16.6. The van der Waals surface area contributed by atoms with Gasteiger partial charge in [-0.25, -0.2) is 4.39 Å². The highest BCUT2D eigenvalue weighted by molar-refractivity contribution is 5.88. The maximum Gasteiger partial charge on any atom is 0.224 e. The van der Waals surface area contributed by atoms with Crippen molar-refractivity contribution in [3.05, 3.63) is 71.7 Å². The molecule has 1 saturated carbocycles. The number of carbonyl (C=O) groups excluding carboxylic acids is 1. The average molecular weight is 322 g/mol. The van der Waals surface area contributed by atoms with E-state index in [2.05, 4.69) is 10.3 Å². The summed E-state index contributed by atoms with van der Waals surface area (Å²) < 4.78 is 13.1. The smallest absolute Gasteiger partial charge is 0.224 e. The molecule has 0 aliphatic heterocycles. The van der Waals surface area contributed by atoms with Crippen LogP contribution >= 0.6 is 0 Å². The maximum atomic E-state index is 13.1. The SMILES string of the molecule is O=C(Cc1c[nH]c2ccccc12)NCC1(c2ccc(F)cc2)CC1. The molecule has 0 saturated heterocycles. The van der Waals surface area contributed by atoms with Crippen LogP contribution in [0.15, 0.2) is 54.7 Å². The lowest BCUT2D eigenvalue weighted by molar-refractivity contribution is -0.120. The number of aromatic amines is 1. The van der Waals surface area contributed by atoms with E-state index in [0.717, 1.165) is 34.9 Å². The van der Waals surface area contributed by atoms with Gasteiger partial charge < -0.3 is 10.3 Å². The first-order chi connectivity index (χ1) is 11.7. The fourth-order valence-corrected chi connectivity index (χ4v) is 3.30. The van der Waals surface area contributed by atoms with Crippen LogP contribution in [0.4, 0.5) is 4.39 Å². The van der Waals surface area contributed by atoms with Crippen LogP contribution in [0.2, 0.25) is 0 Å². The van der Waals surface area contributed by atoms with Crippen molar-refractivity contribution in [2.45, 2.75) is 24.7 Å². The summed E-state index contributed by atoms with van der Waals surface area (Å²) >= 11 is 0. The predicted molar refractivity (Wildman–Crippen MR) is 92.3 cm³/mol. The van der Waals surface area contributed by atoms with Crippen molar-refractivity contribution in [3.8, 4) is 0 Å². The molecule has 1 aliphatic rings. The molecule has 1 fully saturated rings. The average Bonchev–Trinajstić information content (AvgIpc) is 3.29. The van der Waals surface area contributed by atoms with Crippen molar-refractivity contribution in [1.29, 1.82) is 0 Å². The summed E-state index contributed by atoms with van der Waals surface area (Å²) in [6.45, 7) is 0.611. The van der Waals surface area contributed by atoms with Crippen LogP contribution in [0, 0.1) is 5.82 Å². The number of hydrogen-bond donors (Lipinski definition) is 2. The molecule has 0 atom stereocenters. The molecule has 1 heterocycles. The molecule has 0 unspecified atom stereocenters. The Morgan fingerprint density at radius 1 is 1.12 bits per heavy atom. The van der Waals surface area contributed by atoms with Gasteiger partial charge in [0.15, 0.2) is 0 Å². The Bertz CT molecular complexity index is 878. The van der Waals surface area contributed by atoms with E-state index in [1.165, 1.54) is 12.1 Å². The number of benzene rings is 2. The Hall–Kier alpha value is -2.62. The molecule has 0 bridgehead atoms. The van der Waals surface area contributed by atoms with E-state index in [1.807, 2.05) is 42.6 Å². The minimum absolute atomic E-state index is 0.0103. The summed E-state index contributed by atoms with van der Waals surface area (Å²) in [4.78, 5) is 15.5. The van der Waals surface area contributed by atoms with Gasteiger partial charge >= 0.3 is 0 Å². The summed E-state index contributed by atoms with van der Waals surface area (Å²) in [6.07, 6.45) is 4.33. The number of halogens is 1. The highest BCUT2D eigenvalue weighted by Crippen LogP contribution is 2.47. The van der Waals surface area contributed by atoms with E-state index in [0.29, 0.717) is 13.0 Å². The van der Waals surface area contributed by atoms with Crippen molar-refractivity contribution in [1.82, 2.24) is 10.3 Å². The summed E-state index contributed by atoms with van der Waals surface area (Å²) in [6, 6.07) is 14.6. The summed E-state index contributed by atoms with van der Waals surface area (Å²) in [5.41, 5.74) is 3.15. The molecule has 3 aromatic rings. The van der Waals surface area contributed by atoms with Gasteiger partial charge in [-0.2, -0.15) is 0 Å². The lowest BCUT2D eigenvalue weighted by Crippen LogP contribution is -2.33.